The van der Waals surface area contributed by atoms with Gasteiger partial charge in [-0.1, -0.05) is 19.8 Å². The van der Waals surface area contributed by atoms with Gasteiger partial charge in [-0.15, -0.1) is 0 Å². The molecule has 96 valence electrons. The van der Waals surface area contributed by atoms with Crippen molar-refractivity contribution in [2.75, 3.05) is 13.2 Å². The third-order valence-corrected chi connectivity index (χ3v) is 3.18. The number of hydrogen-bond donors (Lipinski definition) is 1. The van der Waals surface area contributed by atoms with Crippen LogP contribution in [0, 0.1) is 5.92 Å². The van der Waals surface area contributed by atoms with E-state index in [1.54, 1.807) is 6.26 Å². The third-order valence-electron chi connectivity index (χ3n) is 3.18. The minimum atomic E-state index is 0.421. The second-order valence-corrected chi connectivity index (χ2v) is 4.74. The summed E-state index contributed by atoms with van der Waals surface area (Å²) in [4.78, 5) is 4.29. The van der Waals surface area contributed by atoms with Gasteiger partial charge in [0.25, 0.3) is 0 Å². The number of hydrogen-bond acceptors (Lipinski definition) is 4. The van der Waals surface area contributed by atoms with Crippen LogP contribution in [-0.2, 0) is 6.54 Å². The number of aromatic nitrogens is 1. The van der Waals surface area contributed by atoms with Crippen LogP contribution in [0.4, 0.5) is 0 Å². The molecule has 1 aromatic rings. The van der Waals surface area contributed by atoms with Crippen LogP contribution in [0.15, 0.2) is 10.7 Å². The number of nitrogens with one attached hydrogen (secondary N) is 1. The summed E-state index contributed by atoms with van der Waals surface area (Å²) in [5, 5.41) is 3.28. The number of oxazole rings is 1. The molecule has 0 saturated heterocycles. The van der Waals surface area contributed by atoms with E-state index in [0.717, 1.165) is 31.8 Å². The second-order valence-electron chi connectivity index (χ2n) is 4.74. The molecule has 1 aromatic heterocycles. The van der Waals surface area contributed by atoms with Gasteiger partial charge in [0.1, 0.15) is 6.26 Å². The van der Waals surface area contributed by atoms with E-state index in [1.165, 1.54) is 25.7 Å². The highest BCUT2D eigenvalue weighted by atomic mass is 16.6. The van der Waals surface area contributed by atoms with E-state index >= 15 is 0 Å². The number of ether oxygens (including phenoxy) is 1. The van der Waals surface area contributed by atoms with Crippen LogP contribution in [0.5, 0.6) is 6.08 Å². The van der Waals surface area contributed by atoms with Gasteiger partial charge >= 0.3 is 6.08 Å². The molecule has 1 fully saturated rings. The molecule has 0 aliphatic heterocycles. The first-order chi connectivity index (χ1) is 8.38. The SMILES string of the molecule is CCCNCc1coc(OCC2CCCC2)n1. The van der Waals surface area contributed by atoms with Crippen LogP contribution < -0.4 is 10.1 Å². The Labute approximate surface area is 103 Å². The van der Waals surface area contributed by atoms with Crippen LogP contribution in [-0.4, -0.2) is 18.1 Å². The van der Waals surface area contributed by atoms with Crippen molar-refractivity contribution in [1.82, 2.24) is 10.3 Å². The monoisotopic (exact) mass is 238 g/mol. The highest BCUT2D eigenvalue weighted by Gasteiger charge is 2.16. The standard InChI is InChI=1S/C13H22N2O2/c1-2-7-14-8-12-10-17-13(15-12)16-9-11-5-3-4-6-11/h10-11,14H,2-9H2,1H3. The molecule has 1 heterocycles. The predicted molar refractivity (Wildman–Crippen MR) is 66.0 cm³/mol. The summed E-state index contributed by atoms with van der Waals surface area (Å²) in [5.41, 5.74) is 0.917. The minimum absolute atomic E-state index is 0.421. The first kappa shape index (κ1) is 12.4. The molecule has 17 heavy (non-hydrogen) atoms. The Kier molecular flexibility index (Phi) is 4.86. The molecule has 1 aliphatic carbocycles. The highest BCUT2D eigenvalue weighted by Crippen LogP contribution is 2.25. The van der Waals surface area contributed by atoms with Gasteiger partial charge in [0.15, 0.2) is 0 Å². The maximum atomic E-state index is 5.57. The summed E-state index contributed by atoms with van der Waals surface area (Å²) in [6.45, 7) is 4.66. The Morgan fingerprint density at radius 1 is 1.47 bits per heavy atom. The Bertz CT molecular complexity index is 319. The molecule has 0 unspecified atom stereocenters. The van der Waals surface area contributed by atoms with Crippen LogP contribution in [0.1, 0.15) is 44.7 Å². The summed E-state index contributed by atoms with van der Waals surface area (Å²) >= 11 is 0. The van der Waals surface area contributed by atoms with Crippen molar-refractivity contribution in [1.29, 1.82) is 0 Å². The lowest BCUT2D eigenvalue weighted by molar-refractivity contribution is 0.190. The van der Waals surface area contributed by atoms with Crippen molar-refractivity contribution in [3.8, 4) is 6.08 Å². The van der Waals surface area contributed by atoms with Gasteiger partial charge in [-0.25, -0.2) is 0 Å². The molecule has 4 nitrogen and oxygen atoms in total. The largest absolute Gasteiger partial charge is 0.450 e. The van der Waals surface area contributed by atoms with Gasteiger partial charge in [-0.2, -0.15) is 4.98 Å². The van der Waals surface area contributed by atoms with Gasteiger partial charge in [-0.05, 0) is 31.7 Å². The van der Waals surface area contributed by atoms with E-state index in [9.17, 15) is 0 Å². The zero-order valence-corrected chi connectivity index (χ0v) is 10.6. The Hall–Kier alpha value is -1.03. The highest BCUT2D eigenvalue weighted by molar-refractivity contribution is 4.99. The molecule has 0 atom stereocenters. The molecule has 0 bridgehead atoms. The van der Waals surface area contributed by atoms with Crippen LogP contribution in [0.2, 0.25) is 0 Å². The number of rotatable bonds is 7. The summed E-state index contributed by atoms with van der Waals surface area (Å²) in [6, 6.07) is 0. The lowest BCUT2D eigenvalue weighted by Gasteiger charge is -2.07. The van der Waals surface area contributed by atoms with Gasteiger partial charge in [0.2, 0.25) is 0 Å². The Morgan fingerprint density at radius 2 is 2.29 bits per heavy atom. The molecule has 1 N–H and O–H groups in total. The molecule has 0 aromatic carbocycles. The van der Waals surface area contributed by atoms with E-state index in [-0.39, 0.29) is 0 Å². The molecule has 0 amide bonds. The quantitative estimate of drug-likeness (QED) is 0.742. The Balaban J connectivity index is 1.69. The van der Waals surface area contributed by atoms with Gasteiger partial charge in [0.05, 0.1) is 12.3 Å². The van der Waals surface area contributed by atoms with E-state index in [1.807, 2.05) is 0 Å². The molecular weight excluding hydrogens is 216 g/mol. The van der Waals surface area contributed by atoms with E-state index in [0.29, 0.717) is 12.0 Å². The molecular formula is C13H22N2O2. The molecule has 1 saturated carbocycles. The molecule has 0 radical (unpaired) electrons. The van der Waals surface area contributed by atoms with E-state index in [2.05, 4.69) is 17.2 Å². The van der Waals surface area contributed by atoms with Gasteiger partial charge in [-0.3, -0.25) is 0 Å². The topological polar surface area (TPSA) is 47.3 Å². The Morgan fingerprint density at radius 3 is 3.06 bits per heavy atom. The fourth-order valence-electron chi connectivity index (χ4n) is 2.20. The molecule has 0 spiro atoms. The fraction of sp³-hybridized carbons (Fsp3) is 0.769. The van der Waals surface area contributed by atoms with Crippen molar-refractivity contribution in [3.05, 3.63) is 12.0 Å². The number of nitrogens with zero attached hydrogens (tertiary/aromatic N) is 1. The van der Waals surface area contributed by atoms with Crippen LogP contribution in [0.3, 0.4) is 0 Å². The first-order valence-corrected chi connectivity index (χ1v) is 6.66. The third kappa shape index (κ3) is 4.04. The van der Waals surface area contributed by atoms with Gasteiger partial charge in [0, 0.05) is 6.54 Å². The van der Waals surface area contributed by atoms with Crippen LogP contribution in [0.25, 0.3) is 0 Å². The van der Waals surface area contributed by atoms with E-state index < -0.39 is 0 Å². The van der Waals surface area contributed by atoms with Crippen molar-refractivity contribution in [3.63, 3.8) is 0 Å². The summed E-state index contributed by atoms with van der Waals surface area (Å²) in [7, 11) is 0. The molecule has 1 aliphatic rings. The molecule has 2 rings (SSSR count). The average molecular weight is 238 g/mol. The van der Waals surface area contributed by atoms with E-state index in [4.69, 9.17) is 9.15 Å². The minimum Gasteiger partial charge on any atom is -0.450 e. The zero-order chi connectivity index (χ0) is 11.9. The van der Waals surface area contributed by atoms with Crippen molar-refractivity contribution >= 4 is 0 Å². The predicted octanol–water partition coefficient (Wildman–Crippen LogP) is 2.74. The normalized spacial score (nSPS) is 16.5. The van der Waals surface area contributed by atoms with Crippen molar-refractivity contribution < 1.29 is 9.15 Å². The smallest absolute Gasteiger partial charge is 0.393 e. The fourth-order valence-corrected chi connectivity index (χ4v) is 2.20. The lowest BCUT2D eigenvalue weighted by atomic mass is 10.1. The first-order valence-electron chi connectivity index (χ1n) is 6.66. The maximum Gasteiger partial charge on any atom is 0.393 e. The summed E-state index contributed by atoms with van der Waals surface area (Å²) in [5.74, 6) is 0.698. The lowest BCUT2D eigenvalue weighted by Crippen LogP contribution is -2.14. The maximum absolute atomic E-state index is 5.57. The average Bonchev–Trinajstić information content (AvgIpc) is 2.98. The van der Waals surface area contributed by atoms with Gasteiger partial charge < -0.3 is 14.5 Å². The van der Waals surface area contributed by atoms with Crippen LogP contribution >= 0.6 is 0 Å². The second kappa shape index (κ2) is 6.64. The zero-order valence-electron chi connectivity index (χ0n) is 10.6. The summed E-state index contributed by atoms with van der Waals surface area (Å²) in [6.07, 6.45) is 8.47. The summed E-state index contributed by atoms with van der Waals surface area (Å²) < 4.78 is 10.9. The molecule has 4 heteroatoms. The van der Waals surface area contributed by atoms with Crippen molar-refractivity contribution in [2.45, 2.75) is 45.6 Å². The van der Waals surface area contributed by atoms with Crippen molar-refractivity contribution in [2.24, 2.45) is 5.92 Å².